The average molecular weight is 516 g/mol. The van der Waals surface area contributed by atoms with Gasteiger partial charge in [0.05, 0.1) is 35.4 Å². The van der Waals surface area contributed by atoms with Crippen LogP contribution in [0.2, 0.25) is 0 Å². The highest BCUT2D eigenvalue weighted by molar-refractivity contribution is 9.10. The second-order valence-electron chi connectivity index (χ2n) is 9.07. The molecule has 34 heavy (non-hydrogen) atoms. The summed E-state index contributed by atoms with van der Waals surface area (Å²) in [6.07, 6.45) is 9.10. The highest BCUT2D eigenvalue weighted by atomic mass is 79.9. The van der Waals surface area contributed by atoms with Crippen molar-refractivity contribution in [2.45, 2.75) is 32.5 Å². The Bertz CT molecular complexity index is 1250. The van der Waals surface area contributed by atoms with Crippen LogP contribution in [-0.4, -0.2) is 31.2 Å². The lowest BCUT2D eigenvalue weighted by molar-refractivity contribution is -0.120. The number of rotatable bonds is 3. The van der Waals surface area contributed by atoms with Crippen molar-refractivity contribution in [2.24, 2.45) is 5.92 Å². The van der Waals surface area contributed by atoms with Crippen molar-refractivity contribution in [1.82, 2.24) is 0 Å². The van der Waals surface area contributed by atoms with E-state index >= 15 is 0 Å². The Balaban J connectivity index is 1.44. The maximum atomic E-state index is 13.5. The molecular weight excluding hydrogens is 490 g/mol. The minimum Gasteiger partial charge on any atom is -0.372 e. The summed E-state index contributed by atoms with van der Waals surface area (Å²) in [4.78, 5) is 17.6. The molecule has 0 radical (unpaired) electrons. The van der Waals surface area contributed by atoms with Crippen LogP contribution in [0.25, 0.3) is 5.57 Å². The zero-order valence-corrected chi connectivity index (χ0v) is 20.8. The first-order chi connectivity index (χ1) is 16.4. The molecule has 2 aromatic rings. The van der Waals surface area contributed by atoms with E-state index in [1.165, 1.54) is 0 Å². The number of carbonyl (C=O) groups is 1. The fraction of sp³-hybridized carbons (Fsp3) is 0.286. The van der Waals surface area contributed by atoms with Crippen LogP contribution in [0.15, 0.2) is 76.9 Å². The lowest BCUT2D eigenvalue weighted by Crippen LogP contribution is -2.45. The number of benzene rings is 2. The molecule has 1 fully saturated rings. The molecular formula is C28H26BrN3O2. The van der Waals surface area contributed by atoms with Gasteiger partial charge in [0.15, 0.2) is 0 Å². The van der Waals surface area contributed by atoms with Crippen molar-refractivity contribution in [1.29, 1.82) is 5.26 Å². The first-order valence-electron chi connectivity index (χ1n) is 11.6. The zero-order chi connectivity index (χ0) is 23.8. The topological polar surface area (TPSA) is 56.6 Å². The molecule has 1 saturated heterocycles. The monoisotopic (exact) mass is 515 g/mol. The van der Waals surface area contributed by atoms with E-state index in [9.17, 15) is 4.79 Å². The third-order valence-corrected chi connectivity index (χ3v) is 7.21. The fourth-order valence-corrected chi connectivity index (χ4v) is 5.66. The molecule has 0 spiro atoms. The van der Waals surface area contributed by atoms with E-state index in [1.807, 2.05) is 42.6 Å². The number of carbonyl (C=O) groups excluding carboxylic acids is 1. The third kappa shape index (κ3) is 4.22. The first-order valence-corrected chi connectivity index (χ1v) is 12.4. The van der Waals surface area contributed by atoms with Crippen LogP contribution in [0.4, 0.5) is 11.4 Å². The van der Waals surface area contributed by atoms with Gasteiger partial charge >= 0.3 is 0 Å². The van der Waals surface area contributed by atoms with Gasteiger partial charge in [-0.3, -0.25) is 9.69 Å². The number of hydrogen-bond donors (Lipinski definition) is 0. The Morgan fingerprint density at radius 1 is 1.06 bits per heavy atom. The number of halogens is 1. The van der Waals surface area contributed by atoms with E-state index < -0.39 is 0 Å². The Hall–Kier alpha value is -3.14. The lowest BCUT2D eigenvalue weighted by atomic mass is 9.81. The molecule has 3 atom stereocenters. The SMILES string of the molecule is CC1CN(c2ccc(N3C=CC4=C(c5ccc(C#N)cc5)C=CCC4C3=O)cc2Br)CC(C)O1. The molecule has 0 N–H and O–H groups in total. The van der Waals surface area contributed by atoms with E-state index in [1.54, 1.807) is 4.90 Å². The van der Waals surface area contributed by atoms with Crippen LogP contribution in [0, 0.1) is 17.2 Å². The van der Waals surface area contributed by atoms with Crippen LogP contribution < -0.4 is 9.80 Å². The van der Waals surface area contributed by atoms with Crippen LogP contribution in [0.5, 0.6) is 0 Å². The average Bonchev–Trinajstić information content (AvgIpc) is 2.83. The minimum absolute atomic E-state index is 0.0706. The summed E-state index contributed by atoms with van der Waals surface area (Å²) in [5.74, 6) is -0.152. The number of ether oxygens (including phenoxy) is 1. The van der Waals surface area contributed by atoms with E-state index in [0.29, 0.717) is 12.0 Å². The third-order valence-electron chi connectivity index (χ3n) is 6.58. The van der Waals surface area contributed by atoms with Gasteiger partial charge in [0.1, 0.15) is 0 Å². The van der Waals surface area contributed by atoms with Crippen molar-refractivity contribution in [3.63, 3.8) is 0 Å². The standard InChI is InChI=1S/C28H26BrN3O2/c1-18-16-31(17-19(2)34-18)27-11-10-22(14-26(27)29)32-13-12-24-23(4-3-5-25(24)28(32)33)21-8-6-20(15-30)7-9-21/h3-4,6-14,18-19,25H,5,16-17H2,1-2H3. The summed E-state index contributed by atoms with van der Waals surface area (Å²) in [6, 6.07) is 15.8. The largest absolute Gasteiger partial charge is 0.372 e. The number of allylic oxidation sites excluding steroid dienone is 4. The molecule has 3 aliphatic rings. The summed E-state index contributed by atoms with van der Waals surface area (Å²) < 4.78 is 6.84. The number of amides is 1. The highest BCUT2D eigenvalue weighted by Gasteiger charge is 2.33. The highest BCUT2D eigenvalue weighted by Crippen LogP contribution is 2.39. The van der Waals surface area contributed by atoms with Crippen LogP contribution in [-0.2, 0) is 9.53 Å². The number of nitriles is 1. The zero-order valence-electron chi connectivity index (χ0n) is 19.2. The van der Waals surface area contributed by atoms with Gasteiger partial charge in [0.25, 0.3) is 0 Å². The Kier molecular flexibility index (Phi) is 6.16. The number of fused-ring (bicyclic) bond motifs is 1. The van der Waals surface area contributed by atoms with E-state index in [0.717, 1.165) is 45.6 Å². The van der Waals surface area contributed by atoms with Gasteiger partial charge in [-0.2, -0.15) is 5.26 Å². The van der Waals surface area contributed by atoms with Gasteiger partial charge in [-0.05, 0) is 89.3 Å². The smallest absolute Gasteiger partial charge is 0.238 e. The molecule has 6 heteroatoms. The summed E-state index contributed by atoms with van der Waals surface area (Å²) in [5.41, 5.74) is 5.67. The van der Waals surface area contributed by atoms with Crippen LogP contribution in [0.3, 0.4) is 0 Å². The summed E-state index contributed by atoms with van der Waals surface area (Å²) in [5, 5.41) is 9.08. The molecule has 5 nitrogen and oxygen atoms in total. The Morgan fingerprint density at radius 3 is 2.47 bits per heavy atom. The van der Waals surface area contributed by atoms with E-state index in [-0.39, 0.29) is 24.0 Å². The van der Waals surface area contributed by atoms with Gasteiger partial charge in [-0.1, -0.05) is 24.3 Å². The molecule has 1 amide bonds. The molecule has 5 rings (SSSR count). The molecule has 172 valence electrons. The summed E-state index contributed by atoms with van der Waals surface area (Å²) in [7, 11) is 0. The Labute approximate surface area is 208 Å². The normalized spacial score (nSPS) is 24.3. The number of hydrogen-bond acceptors (Lipinski definition) is 4. The molecule has 1 aliphatic carbocycles. The Morgan fingerprint density at radius 2 is 1.79 bits per heavy atom. The first kappa shape index (κ1) is 22.6. The summed E-state index contributed by atoms with van der Waals surface area (Å²) in [6.45, 7) is 5.87. The van der Waals surface area contributed by atoms with Crippen molar-refractivity contribution >= 4 is 38.8 Å². The van der Waals surface area contributed by atoms with Crippen LogP contribution in [0.1, 0.15) is 31.4 Å². The van der Waals surface area contributed by atoms with Crippen molar-refractivity contribution in [2.75, 3.05) is 22.9 Å². The molecule has 2 heterocycles. The van der Waals surface area contributed by atoms with Gasteiger partial charge in [-0.25, -0.2) is 0 Å². The van der Waals surface area contributed by atoms with Crippen molar-refractivity contribution in [3.8, 4) is 6.07 Å². The molecule has 0 aromatic heterocycles. The van der Waals surface area contributed by atoms with Gasteiger partial charge < -0.3 is 9.64 Å². The second-order valence-corrected chi connectivity index (χ2v) is 9.93. The van der Waals surface area contributed by atoms with Gasteiger partial charge in [-0.15, -0.1) is 0 Å². The van der Waals surface area contributed by atoms with E-state index in [4.69, 9.17) is 10.00 Å². The minimum atomic E-state index is -0.222. The van der Waals surface area contributed by atoms with Gasteiger partial charge in [0, 0.05) is 29.4 Å². The molecule has 0 bridgehead atoms. The molecule has 2 aliphatic heterocycles. The van der Waals surface area contributed by atoms with E-state index in [2.05, 4.69) is 65.0 Å². The molecule has 3 unspecified atom stereocenters. The number of nitrogens with zero attached hydrogens (tertiary/aromatic N) is 3. The molecule has 0 saturated carbocycles. The second kappa shape index (κ2) is 9.25. The van der Waals surface area contributed by atoms with Crippen LogP contribution >= 0.6 is 15.9 Å². The number of anilines is 2. The predicted molar refractivity (Wildman–Crippen MR) is 138 cm³/mol. The predicted octanol–water partition coefficient (Wildman–Crippen LogP) is 5.82. The van der Waals surface area contributed by atoms with Crippen molar-refractivity contribution in [3.05, 3.63) is 88.1 Å². The quantitative estimate of drug-likeness (QED) is 0.516. The lowest BCUT2D eigenvalue weighted by Gasteiger charge is -2.37. The fourth-order valence-electron chi connectivity index (χ4n) is 5.05. The maximum Gasteiger partial charge on any atom is 0.238 e. The summed E-state index contributed by atoms with van der Waals surface area (Å²) >= 11 is 3.74. The number of morpholine rings is 1. The van der Waals surface area contributed by atoms with Gasteiger partial charge in [0.2, 0.25) is 5.91 Å². The molecule has 2 aromatic carbocycles. The maximum absolute atomic E-state index is 13.5. The van der Waals surface area contributed by atoms with Crippen molar-refractivity contribution < 1.29 is 9.53 Å².